The maximum Gasteiger partial charge on any atom is 0.319 e. The molecular formula is C26H24N4O. The maximum absolute atomic E-state index is 12.4. The van der Waals surface area contributed by atoms with Gasteiger partial charge in [-0.15, -0.1) is 0 Å². The molecule has 2 amide bonds. The molecule has 0 radical (unpaired) electrons. The Kier molecular flexibility index (Phi) is 5.31. The summed E-state index contributed by atoms with van der Waals surface area (Å²) in [5.74, 6) is 0. The first-order chi connectivity index (χ1) is 15.3. The van der Waals surface area contributed by atoms with Crippen molar-refractivity contribution in [3.8, 4) is 22.5 Å². The van der Waals surface area contributed by atoms with Crippen molar-refractivity contribution in [3.05, 3.63) is 78.9 Å². The number of amides is 2. The number of carbonyl (C=O) groups excluding carboxylic acids is 1. The molecule has 0 atom stereocenters. The van der Waals surface area contributed by atoms with Crippen molar-refractivity contribution in [1.29, 1.82) is 0 Å². The highest BCUT2D eigenvalue weighted by atomic mass is 16.2. The van der Waals surface area contributed by atoms with E-state index < -0.39 is 0 Å². The van der Waals surface area contributed by atoms with E-state index in [4.69, 9.17) is 9.97 Å². The van der Waals surface area contributed by atoms with Crippen molar-refractivity contribution in [2.24, 2.45) is 0 Å². The zero-order chi connectivity index (χ0) is 21.0. The van der Waals surface area contributed by atoms with Crippen molar-refractivity contribution in [2.75, 3.05) is 5.32 Å². The average molecular weight is 409 g/mol. The average Bonchev–Trinajstić information content (AvgIpc) is 3.32. The largest absolute Gasteiger partial charge is 0.335 e. The summed E-state index contributed by atoms with van der Waals surface area (Å²) in [5, 5.41) is 6.01. The fourth-order valence-corrected chi connectivity index (χ4v) is 4.15. The van der Waals surface area contributed by atoms with Gasteiger partial charge in [-0.1, -0.05) is 73.5 Å². The van der Waals surface area contributed by atoms with E-state index in [9.17, 15) is 4.79 Å². The molecule has 0 unspecified atom stereocenters. The number of rotatable bonds is 4. The van der Waals surface area contributed by atoms with Crippen LogP contribution < -0.4 is 10.6 Å². The molecule has 1 heterocycles. The van der Waals surface area contributed by atoms with Gasteiger partial charge in [0.2, 0.25) is 0 Å². The third-order valence-electron chi connectivity index (χ3n) is 5.71. The summed E-state index contributed by atoms with van der Waals surface area (Å²) in [6.45, 7) is 0. The highest BCUT2D eigenvalue weighted by Crippen LogP contribution is 2.31. The van der Waals surface area contributed by atoms with Gasteiger partial charge in [0.15, 0.2) is 0 Å². The van der Waals surface area contributed by atoms with Gasteiger partial charge in [0, 0.05) is 22.9 Å². The first kappa shape index (κ1) is 19.2. The fraction of sp³-hybridized carbons (Fsp3) is 0.192. The first-order valence-electron chi connectivity index (χ1n) is 10.8. The van der Waals surface area contributed by atoms with Crippen molar-refractivity contribution in [2.45, 2.75) is 31.7 Å². The molecule has 5 heteroatoms. The van der Waals surface area contributed by atoms with E-state index in [-0.39, 0.29) is 12.1 Å². The number of anilines is 1. The summed E-state index contributed by atoms with van der Waals surface area (Å²) in [5.41, 5.74) is 5.95. The second kappa shape index (κ2) is 8.56. The highest BCUT2D eigenvalue weighted by molar-refractivity contribution is 5.93. The van der Waals surface area contributed by atoms with Crippen LogP contribution in [0.25, 0.3) is 33.5 Å². The number of hydrogen-bond acceptors (Lipinski definition) is 3. The van der Waals surface area contributed by atoms with E-state index in [0.29, 0.717) is 5.69 Å². The maximum atomic E-state index is 12.4. The monoisotopic (exact) mass is 408 g/mol. The van der Waals surface area contributed by atoms with E-state index in [1.807, 2.05) is 78.9 Å². The molecule has 1 aliphatic carbocycles. The SMILES string of the molecule is O=C(Nc1ccc2nc(-c3ccccc3)c(-c3ccccc3)nc2c1)NC1CCCC1. The minimum atomic E-state index is -0.164. The normalized spacial score (nSPS) is 13.9. The molecule has 4 aromatic rings. The molecule has 0 bridgehead atoms. The predicted molar refractivity (Wildman–Crippen MR) is 125 cm³/mol. The fourth-order valence-electron chi connectivity index (χ4n) is 4.15. The van der Waals surface area contributed by atoms with Crippen LogP contribution >= 0.6 is 0 Å². The molecule has 3 aromatic carbocycles. The Hall–Kier alpha value is -3.73. The molecule has 0 aliphatic heterocycles. The van der Waals surface area contributed by atoms with E-state index in [1.165, 1.54) is 12.8 Å². The van der Waals surface area contributed by atoms with E-state index in [2.05, 4.69) is 10.6 Å². The van der Waals surface area contributed by atoms with Crippen LogP contribution in [-0.4, -0.2) is 22.0 Å². The number of benzene rings is 3. The van der Waals surface area contributed by atoms with Crippen LogP contribution in [0.4, 0.5) is 10.5 Å². The summed E-state index contributed by atoms with van der Waals surface area (Å²) in [6, 6.07) is 26.0. The van der Waals surface area contributed by atoms with Crippen LogP contribution in [0.15, 0.2) is 78.9 Å². The summed E-state index contributed by atoms with van der Waals surface area (Å²) >= 11 is 0. The number of carbonyl (C=O) groups is 1. The Bertz CT molecular complexity index is 1200. The van der Waals surface area contributed by atoms with Crippen LogP contribution in [0.2, 0.25) is 0 Å². The van der Waals surface area contributed by atoms with Crippen LogP contribution in [0.5, 0.6) is 0 Å². The Balaban J connectivity index is 1.52. The zero-order valence-corrected chi connectivity index (χ0v) is 17.2. The smallest absolute Gasteiger partial charge is 0.319 e. The second-order valence-corrected chi connectivity index (χ2v) is 7.94. The first-order valence-corrected chi connectivity index (χ1v) is 10.8. The van der Waals surface area contributed by atoms with Crippen molar-refractivity contribution in [1.82, 2.24) is 15.3 Å². The molecule has 154 valence electrons. The van der Waals surface area contributed by atoms with Gasteiger partial charge in [-0.2, -0.15) is 0 Å². The van der Waals surface area contributed by atoms with Crippen LogP contribution in [0.1, 0.15) is 25.7 Å². The van der Waals surface area contributed by atoms with Gasteiger partial charge >= 0.3 is 6.03 Å². The predicted octanol–water partition coefficient (Wildman–Crippen LogP) is 6.03. The lowest BCUT2D eigenvalue weighted by atomic mass is 10.0. The third-order valence-corrected chi connectivity index (χ3v) is 5.71. The standard InChI is InChI=1S/C26H24N4O/c31-26(27-20-13-7-8-14-20)28-21-15-16-22-23(17-21)30-25(19-11-5-2-6-12-19)24(29-22)18-9-3-1-4-10-18/h1-6,9-12,15-17,20H,7-8,13-14H2,(H2,27,28,31). The lowest BCUT2D eigenvalue weighted by Gasteiger charge is -2.14. The number of fused-ring (bicyclic) bond motifs is 1. The number of urea groups is 1. The molecule has 5 nitrogen and oxygen atoms in total. The number of hydrogen-bond donors (Lipinski definition) is 2. The minimum Gasteiger partial charge on any atom is -0.335 e. The molecule has 1 saturated carbocycles. The van der Waals surface area contributed by atoms with Crippen molar-refractivity contribution in [3.63, 3.8) is 0 Å². The van der Waals surface area contributed by atoms with Crippen LogP contribution in [0.3, 0.4) is 0 Å². The lowest BCUT2D eigenvalue weighted by molar-refractivity contribution is 0.248. The van der Waals surface area contributed by atoms with Crippen molar-refractivity contribution < 1.29 is 4.79 Å². The Morgan fingerprint density at radius 1 is 0.742 bits per heavy atom. The van der Waals surface area contributed by atoms with Gasteiger partial charge in [-0.25, -0.2) is 14.8 Å². The Labute approximate surface area is 181 Å². The topological polar surface area (TPSA) is 66.9 Å². The molecule has 1 aliphatic rings. The Morgan fingerprint density at radius 2 is 1.32 bits per heavy atom. The number of aromatic nitrogens is 2. The van der Waals surface area contributed by atoms with Crippen LogP contribution in [-0.2, 0) is 0 Å². The molecule has 1 aromatic heterocycles. The van der Waals surface area contributed by atoms with Crippen LogP contribution in [0, 0.1) is 0 Å². The molecule has 1 fully saturated rings. The summed E-state index contributed by atoms with van der Waals surface area (Å²) in [4.78, 5) is 22.3. The zero-order valence-electron chi connectivity index (χ0n) is 17.2. The minimum absolute atomic E-state index is 0.164. The third kappa shape index (κ3) is 4.26. The van der Waals surface area contributed by atoms with Gasteiger partial charge in [0.25, 0.3) is 0 Å². The molecule has 31 heavy (non-hydrogen) atoms. The molecule has 2 N–H and O–H groups in total. The van der Waals surface area contributed by atoms with Gasteiger partial charge < -0.3 is 10.6 Å². The lowest BCUT2D eigenvalue weighted by Crippen LogP contribution is -2.36. The van der Waals surface area contributed by atoms with E-state index in [0.717, 1.165) is 46.4 Å². The van der Waals surface area contributed by atoms with E-state index >= 15 is 0 Å². The van der Waals surface area contributed by atoms with Gasteiger partial charge in [-0.3, -0.25) is 0 Å². The van der Waals surface area contributed by atoms with E-state index in [1.54, 1.807) is 0 Å². The van der Waals surface area contributed by atoms with Gasteiger partial charge in [-0.05, 0) is 31.0 Å². The van der Waals surface area contributed by atoms with Gasteiger partial charge in [0.1, 0.15) is 0 Å². The molecule has 0 spiro atoms. The summed E-state index contributed by atoms with van der Waals surface area (Å²) in [7, 11) is 0. The molecule has 5 rings (SSSR count). The molecule has 0 saturated heterocycles. The van der Waals surface area contributed by atoms with Crippen molar-refractivity contribution >= 4 is 22.8 Å². The quantitative estimate of drug-likeness (QED) is 0.433. The molecular weight excluding hydrogens is 384 g/mol. The van der Waals surface area contributed by atoms with Gasteiger partial charge in [0.05, 0.1) is 22.4 Å². The number of nitrogens with one attached hydrogen (secondary N) is 2. The second-order valence-electron chi connectivity index (χ2n) is 7.94. The highest BCUT2D eigenvalue weighted by Gasteiger charge is 2.17. The summed E-state index contributed by atoms with van der Waals surface area (Å²) < 4.78 is 0. The number of nitrogens with zero attached hydrogens (tertiary/aromatic N) is 2. The Morgan fingerprint density at radius 3 is 1.94 bits per heavy atom. The summed E-state index contributed by atoms with van der Waals surface area (Å²) in [6.07, 6.45) is 4.48.